The monoisotopic (exact) mass is 250 g/mol. The number of aliphatic hydroxyl groups excluding tert-OH is 1. The molecule has 0 amide bonds. The third-order valence-corrected chi connectivity index (χ3v) is 3.67. The Bertz CT molecular complexity index is 381. The van der Waals surface area contributed by atoms with Gasteiger partial charge in [-0.25, -0.2) is 0 Å². The van der Waals surface area contributed by atoms with Crippen LogP contribution in [0.2, 0.25) is 0 Å². The summed E-state index contributed by atoms with van der Waals surface area (Å²) in [6, 6.07) is 5.60. The molecule has 0 spiro atoms. The van der Waals surface area contributed by atoms with Crippen LogP contribution in [-0.4, -0.2) is 18.3 Å². The first-order valence-electron chi connectivity index (χ1n) is 6.67. The fourth-order valence-electron chi connectivity index (χ4n) is 2.43. The predicted molar refractivity (Wildman–Crippen MR) is 71.0 cm³/mol. The molecule has 3 heteroatoms. The van der Waals surface area contributed by atoms with Gasteiger partial charge in [0.1, 0.15) is 0 Å². The summed E-state index contributed by atoms with van der Waals surface area (Å²) >= 11 is 0. The highest BCUT2D eigenvalue weighted by Crippen LogP contribution is 2.33. The van der Waals surface area contributed by atoms with E-state index < -0.39 is 0 Å². The zero-order valence-electron chi connectivity index (χ0n) is 11.2. The van der Waals surface area contributed by atoms with Crippen molar-refractivity contribution in [3.8, 4) is 11.5 Å². The Morgan fingerprint density at radius 2 is 1.89 bits per heavy atom. The third kappa shape index (κ3) is 3.16. The van der Waals surface area contributed by atoms with Gasteiger partial charge in [0.15, 0.2) is 11.5 Å². The Hall–Kier alpha value is -1.22. The fraction of sp³-hybridized carbons (Fsp3) is 0.600. The molecule has 0 saturated heterocycles. The molecule has 1 N–H and O–H groups in total. The molecular weight excluding hydrogens is 228 g/mol. The van der Waals surface area contributed by atoms with E-state index in [4.69, 9.17) is 14.6 Å². The van der Waals surface area contributed by atoms with Crippen molar-refractivity contribution in [1.29, 1.82) is 0 Å². The zero-order chi connectivity index (χ0) is 13.0. The van der Waals surface area contributed by atoms with Gasteiger partial charge < -0.3 is 14.6 Å². The van der Waals surface area contributed by atoms with E-state index in [0.29, 0.717) is 11.9 Å². The van der Waals surface area contributed by atoms with Crippen molar-refractivity contribution in [3.05, 3.63) is 23.8 Å². The standard InChI is InChI=1S/C15H22O3/c1-11-3-6-13(7-4-11)18-14-8-5-12(10-16)9-15(14)17-2/h5,8-9,11,13,16H,3-4,6-7,10H2,1-2H3. The molecule has 1 aromatic carbocycles. The highest BCUT2D eigenvalue weighted by atomic mass is 16.5. The highest BCUT2D eigenvalue weighted by molar-refractivity contribution is 5.42. The number of aliphatic hydroxyl groups is 1. The molecule has 0 heterocycles. The fourth-order valence-corrected chi connectivity index (χ4v) is 2.43. The van der Waals surface area contributed by atoms with Crippen LogP contribution >= 0.6 is 0 Å². The maximum atomic E-state index is 9.10. The van der Waals surface area contributed by atoms with Gasteiger partial charge in [-0.2, -0.15) is 0 Å². The molecule has 0 atom stereocenters. The Morgan fingerprint density at radius 3 is 2.50 bits per heavy atom. The molecule has 0 radical (unpaired) electrons. The van der Waals surface area contributed by atoms with E-state index >= 15 is 0 Å². The summed E-state index contributed by atoms with van der Waals surface area (Å²) < 4.78 is 11.3. The molecule has 1 aliphatic carbocycles. The molecule has 0 bridgehead atoms. The molecule has 1 aliphatic rings. The number of benzene rings is 1. The molecular formula is C15H22O3. The van der Waals surface area contributed by atoms with Crippen LogP contribution in [0.1, 0.15) is 38.2 Å². The molecule has 0 unspecified atom stereocenters. The molecule has 2 rings (SSSR count). The molecule has 1 aromatic rings. The van der Waals surface area contributed by atoms with Crippen molar-refractivity contribution in [1.82, 2.24) is 0 Å². The van der Waals surface area contributed by atoms with Crippen LogP contribution in [0.15, 0.2) is 18.2 Å². The number of hydrogen-bond acceptors (Lipinski definition) is 3. The normalized spacial score (nSPS) is 23.7. The minimum absolute atomic E-state index is 0.0254. The number of ether oxygens (including phenoxy) is 2. The van der Waals surface area contributed by atoms with Gasteiger partial charge >= 0.3 is 0 Å². The second kappa shape index (κ2) is 6.10. The quantitative estimate of drug-likeness (QED) is 0.892. The second-order valence-electron chi connectivity index (χ2n) is 5.14. The maximum Gasteiger partial charge on any atom is 0.161 e. The molecule has 0 aromatic heterocycles. The van der Waals surface area contributed by atoms with E-state index in [-0.39, 0.29) is 6.61 Å². The van der Waals surface area contributed by atoms with Crippen molar-refractivity contribution in [2.75, 3.05) is 7.11 Å². The first-order chi connectivity index (χ1) is 8.72. The van der Waals surface area contributed by atoms with Crippen molar-refractivity contribution in [3.63, 3.8) is 0 Å². The lowest BCUT2D eigenvalue weighted by Gasteiger charge is -2.27. The van der Waals surface area contributed by atoms with Crippen LogP contribution in [0.25, 0.3) is 0 Å². The van der Waals surface area contributed by atoms with Crippen LogP contribution in [0, 0.1) is 5.92 Å². The first-order valence-corrected chi connectivity index (χ1v) is 6.67. The topological polar surface area (TPSA) is 38.7 Å². The van der Waals surface area contributed by atoms with E-state index in [1.165, 1.54) is 12.8 Å². The summed E-state index contributed by atoms with van der Waals surface area (Å²) in [5.74, 6) is 2.32. The van der Waals surface area contributed by atoms with E-state index in [2.05, 4.69) is 6.92 Å². The van der Waals surface area contributed by atoms with E-state index in [9.17, 15) is 0 Å². The van der Waals surface area contributed by atoms with Gasteiger partial charge in [0.25, 0.3) is 0 Å². The molecule has 3 nitrogen and oxygen atoms in total. The first kappa shape index (κ1) is 13.2. The maximum absolute atomic E-state index is 9.10. The third-order valence-electron chi connectivity index (χ3n) is 3.67. The van der Waals surface area contributed by atoms with E-state index in [1.807, 2.05) is 18.2 Å². The summed E-state index contributed by atoms with van der Waals surface area (Å²) in [6.45, 7) is 2.32. The summed E-state index contributed by atoms with van der Waals surface area (Å²) in [5.41, 5.74) is 0.844. The van der Waals surface area contributed by atoms with Crippen LogP contribution in [0.3, 0.4) is 0 Å². The Balaban J connectivity index is 2.04. The zero-order valence-corrected chi connectivity index (χ0v) is 11.2. The number of rotatable bonds is 4. The van der Waals surface area contributed by atoms with E-state index in [1.54, 1.807) is 7.11 Å². The lowest BCUT2D eigenvalue weighted by atomic mass is 9.89. The van der Waals surface area contributed by atoms with Crippen molar-refractivity contribution < 1.29 is 14.6 Å². The lowest BCUT2D eigenvalue weighted by molar-refractivity contribution is 0.131. The summed E-state index contributed by atoms with van der Waals surface area (Å²) in [5, 5.41) is 9.10. The Labute approximate surface area is 109 Å². The Morgan fingerprint density at radius 1 is 1.17 bits per heavy atom. The van der Waals surface area contributed by atoms with E-state index in [0.717, 1.165) is 30.1 Å². The van der Waals surface area contributed by atoms with Gasteiger partial charge in [0, 0.05) is 0 Å². The van der Waals surface area contributed by atoms with Gasteiger partial charge in [-0.1, -0.05) is 13.0 Å². The minimum atomic E-state index is 0.0254. The van der Waals surface area contributed by atoms with Crippen LogP contribution in [-0.2, 0) is 6.61 Å². The van der Waals surface area contributed by atoms with Gasteiger partial charge in [0.05, 0.1) is 19.8 Å². The minimum Gasteiger partial charge on any atom is -0.493 e. The predicted octanol–water partition coefficient (Wildman–Crippen LogP) is 3.15. The summed E-state index contributed by atoms with van der Waals surface area (Å²) in [6.07, 6.45) is 5.01. The van der Waals surface area contributed by atoms with Crippen LogP contribution in [0.5, 0.6) is 11.5 Å². The Kier molecular flexibility index (Phi) is 4.48. The average molecular weight is 250 g/mol. The van der Waals surface area contributed by atoms with Gasteiger partial charge in [0.2, 0.25) is 0 Å². The van der Waals surface area contributed by atoms with Gasteiger partial charge in [-0.05, 0) is 49.3 Å². The van der Waals surface area contributed by atoms with Gasteiger partial charge in [-0.15, -0.1) is 0 Å². The molecule has 18 heavy (non-hydrogen) atoms. The van der Waals surface area contributed by atoms with Gasteiger partial charge in [-0.3, -0.25) is 0 Å². The van der Waals surface area contributed by atoms with Crippen molar-refractivity contribution >= 4 is 0 Å². The SMILES string of the molecule is COc1cc(CO)ccc1OC1CCC(C)CC1. The largest absolute Gasteiger partial charge is 0.493 e. The highest BCUT2D eigenvalue weighted by Gasteiger charge is 2.20. The molecule has 1 saturated carbocycles. The molecule has 0 aliphatic heterocycles. The summed E-state index contributed by atoms with van der Waals surface area (Å²) in [4.78, 5) is 0. The second-order valence-corrected chi connectivity index (χ2v) is 5.14. The average Bonchev–Trinajstić information content (AvgIpc) is 2.41. The lowest BCUT2D eigenvalue weighted by Crippen LogP contribution is -2.23. The molecule has 1 fully saturated rings. The smallest absolute Gasteiger partial charge is 0.161 e. The van der Waals surface area contributed by atoms with Crippen molar-refractivity contribution in [2.45, 2.75) is 45.3 Å². The number of hydrogen-bond donors (Lipinski definition) is 1. The summed E-state index contributed by atoms with van der Waals surface area (Å²) in [7, 11) is 1.63. The van der Waals surface area contributed by atoms with Crippen molar-refractivity contribution in [2.24, 2.45) is 5.92 Å². The number of methoxy groups -OCH3 is 1. The molecule has 100 valence electrons. The van der Waals surface area contributed by atoms with Crippen LogP contribution in [0.4, 0.5) is 0 Å². The van der Waals surface area contributed by atoms with Crippen LogP contribution < -0.4 is 9.47 Å².